The molecule has 2 heterocycles. The van der Waals surface area contributed by atoms with Crippen molar-refractivity contribution in [2.24, 2.45) is 16.9 Å². The first-order chi connectivity index (χ1) is 19.6. The predicted molar refractivity (Wildman–Crippen MR) is 154 cm³/mol. The van der Waals surface area contributed by atoms with Crippen LogP contribution in [-0.2, 0) is 15.0 Å². The summed E-state index contributed by atoms with van der Waals surface area (Å²) in [7, 11) is 0. The number of rotatable bonds is 4. The number of aromatic nitrogens is 2. The van der Waals surface area contributed by atoms with Gasteiger partial charge in [-0.05, 0) is 53.4 Å². The number of para-hydroxylation sites is 2. The van der Waals surface area contributed by atoms with E-state index in [1.165, 1.54) is 4.90 Å². The minimum atomic E-state index is -0.933. The quantitative estimate of drug-likeness (QED) is 0.184. The summed E-state index contributed by atoms with van der Waals surface area (Å²) in [5.74, 6) is -1.21. The molecular formula is C33H25N5O2. The Morgan fingerprint density at radius 3 is 2.20 bits per heavy atom. The van der Waals surface area contributed by atoms with Crippen LogP contribution in [0.15, 0.2) is 102 Å². The van der Waals surface area contributed by atoms with Crippen molar-refractivity contribution in [2.45, 2.75) is 18.3 Å². The Balaban J connectivity index is 1.32. The molecule has 40 heavy (non-hydrogen) atoms. The van der Waals surface area contributed by atoms with Crippen molar-refractivity contribution in [3.63, 3.8) is 0 Å². The zero-order chi connectivity index (χ0) is 27.0. The Bertz CT molecular complexity index is 1790. The summed E-state index contributed by atoms with van der Waals surface area (Å²) >= 11 is 0. The molecule has 0 unspecified atom stereocenters. The molecule has 2 amide bonds. The molecule has 0 spiro atoms. The molecule has 0 radical (unpaired) electrons. The van der Waals surface area contributed by atoms with Crippen molar-refractivity contribution in [3.05, 3.63) is 125 Å². The van der Waals surface area contributed by atoms with Crippen LogP contribution in [0.25, 0.3) is 11.0 Å². The van der Waals surface area contributed by atoms with Crippen molar-refractivity contribution in [3.8, 4) is 0 Å². The second kappa shape index (κ2) is 8.23. The highest BCUT2D eigenvalue weighted by molar-refractivity contribution is 6.25. The van der Waals surface area contributed by atoms with E-state index >= 15 is 0 Å². The van der Waals surface area contributed by atoms with Gasteiger partial charge in [-0.15, -0.1) is 0 Å². The molecule has 1 saturated heterocycles. The zero-order valence-corrected chi connectivity index (χ0v) is 21.7. The maximum Gasteiger partial charge on any atom is 0.239 e. The molecule has 3 aliphatic carbocycles. The predicted octanol–water partition coefficient (Wildman–Crippen LogP) is 5.52. The number of imidazole rings is 1. The lowest BCUT2D eigenvalue weighted by molar-refractivity contribution is -0.122. The van der Waals surface area contributed by atoms with Crippen LogP contribution in [0.3, 0.4) is 0 Å². The highest BCUT2D eigenvalue weighted by Crippen LogP contribution is 2.63. The second-order valence-corrected chi connectivity index (χ2v) is 10.8. The van der Waals surface area contributed by atoms with Crippen molar-refractivity contribution in [1.29, 1.82) is 0 Å². The van der Waals surface area contributed by atoms with Crippen LogP contribution in [0.4, 0.5) is 11.6 Å². The first-order valence-electron chi connectivity index (χ1n) is 13.5. The molecule has 7 heteroatoms. The van der Waals surface area contributed by atoms with Crippen molar-refractivity contribution < 1.29 is 9.59 Å². The summed E-state index contributed by atoms with van der Waals surface area (Å²) in [6.07, 6.45) is 1.83. The molecule has 1 aromatic heterocycles. The number of aromatic amines is 1. The monoisotopic (exact) mass is 523 g/mol. The Morgan fingerprint density at radius 2 is 1.50 bits per heavy atom. The van der Waals surface area contributed by atoms with Crippen LogP contribution in [0.2, 0.25) is 0 Å². The molecule has 4 aromatic carbocycles. The molecule has 0 saturated carbocycles. The molecule has 194 valence electrons. The van der Waals surface area contributed by atoms with Crippen LogP contribution in [0.5, 0.6) is 0 Å². The number of fused-ring (bicyclic) bond motifs is 1. The number of hydrogen-bond donors (Lipinski definition) is 2. The van der Waals surface area contributed by atoms with Gasteiger partial charge in [-0.2, -0.15) is 5.10 Å². The van der Waals surface area contributed by atoms with E-state index in [0.29, 0.717) is 11.6 Å². The van der Waals surface area contributed by atoms with E-state index < -0.39 is 17.3 Å². The lowest BCUT2D eigenvalue weighted by Crippen LogP contribution is -2.54. The number of hydrazone groups is 1. The number of carbonyl (C=O) groups excluding carboxylic acids is 2. The van der Waals surface area contributed by atoms with Crippen LogP contribution in [0, 0.1) is 18.8 Å². The van der Waals surface area contributed by atoms with Crippen molar-refractivity contribution in [2.75, 3.05) is 10.3 Å². The number of aryl methyl sites for hydroxylation is 1. The third kappa shape index (κ3) is 2.94. The number of anilines is 2. The van der Waals surface area contributed by atoms with Crippen LogP contribution < -0.4 is 10.3 Å². The Kier molecular flexibility index (Phi) is 4.71. The lowest BCUT2D eigenvalue weighted by Gasteiger charge is -2.52. The summed E-state index contributed by atoms with van der Waals surface area (Å²) < 4.78 is 0. The fraction of sp³-hybridized carbons (Fsp3) is 0.152. The van der Waals surface area contributed by atoms with Crippen LogP contribution in [0.1, 0.15) is 33.7 Å². The number of nitrogens with zero attached hydrogens (tertiary/aromatic N) is 3. The van der Waals surface area contributed by atoms with E-state index in [2.05, 4.69) is 39.7 Å². The number of carbonyl (C=O) groups is 2. The molecule has 7 nitrogen and oxygen atoms in total. The number of hydrogen-bond acceptors (Lipinski definition) is 5. The first kappa shape index (κ1) is 22.9. The van der Waals surface area contributed by atoms with Crippen LogP contribution in [-0.4, -0.2) is 28.0 Å². The summed E-state index contributed by atoms with van der Waals surface area (Å²) in [6.45, 7) is 1.99. The van der Waals surface area contributed by atoms with Gasteiger partial charge in [0.2, 0.25) is 17.8 Å². The Labute approximate surface area is 230 Å². The van der Waals surface area contributed by atoms with Gasteiger partial charge in [-0.1, -0.05) is 78.4 Å². The van der Waals surface area contributed by atoms with Crippen molar-refractivity contribution in [1.82, 2.24) is 9.97 Å². The lowest BCUT2D eigenvalue weighted by atomic mass is 9.47. The SMILES string of the molecule is Cc1ccc(N2C(=O)[C@H]3C4c5ccccc5C(/C=N\Nc5nc6ccccc6[nH]5)(c5ccccc54)[C@H]3C2=O)cc1. The van der Waals surface area contributed by atoms with E-state index in [1.807, 2.05) is 85.9 Å². The second-order valence-electron chi connectivity index (χ2n) is 10.8. The molecule has 1 aliphatic heterocycles. The highest BCUT2D eigenvalue weighted by Gasteiger charge is 2.68. The number of H-pyrrole nitrogens is 1. The van der Waals surface area contributed by atoms with Crippen molar-refractivity contribution >= 4 is 40.7 Å². The maximum atomic E-state index is 14.4. The third-order valence-corrected chi connectivity index (χ3v) is 8.80. The smallest absolute Gasteiger partial charge is 0.239 e. The average molecular weight is 524 g/mol. The topological polar surface area (TPSA) is 90.4 Å². The molecule has 2 N–H and O–H groups in total. The molecule has 2 bridgehead atoms. The number of amides is 2. The highest BCUT2D eigenvalue weighted by atomic mass is 16.2. The number of imide groups is 1. The van der Waals surface area contributed by atoms with Gasteiger partial charge in [0.25, 0.3) is 0 Å². The number of nitrogens with one attached hydrogen (secondary N) is 2. The number of benzene rings is 4. The van der Waals surface area contributed by atoms with Gasteiger partial charge in [-0.25, -0.2) is 15.3 Å². The van der Waals surface area contributed by atoms with Gasteiger partial charge in [-0.3, -0.25) is 9.59 Å². The summed E-state index contributed by atoms with van der Waals surface area (Å²) in [5.41, 5.74) is 9.72. The average Bonchev–Trinajstić information content (AvgIpc) is 3.52. The normalized spacial score (nSPS) is 24.4. The fourth-order valence-electron chi connectivity index (χ4n) is 7.20. The molecule has 5 aromatic rings. The molecule has 9 rings (SSSR count). The third-order valence-electron chi connectivity index (χ3n) is 8.80. The minimum absolute atomic E-state index is 0.157. The summed E-state index contributed by atoms with van der Waals surface area (Å²) in [6, 6.07) is 31.7. The van der Waals surface area contributed by atoms with Gasteiger partial charge < -0.3 is 4.98 Å². The standard InChI is InChI=1S/C33H25N5O2/c1-19-14-16-20(17-15-19)38-30(39)28-27-21-8-2-4-10-23(21)33(29(28)31(38)40,24-11-5-3-9-22(24)27)18-34-37-32-35-25-12-6-7-13-26(25)36-32/h2-18,27-29H,1H3,(H2,35,36,37)/b34-18-/t27?,28-,29+,33?/m0/s1. The minimum Gasteiger partial charge on any atom is -0.323 e. The first-order valence-corrected chi connectivity index (χ1v) is 13.5. The van der Waals surface area contributed by atoms with Crippen LogP contribution >= 0.6 is 0 Å². The Morgan fingerprint density at radius 1 is 0.850 bits per heavy atom. The largest absolute Gasteiger partial charge is 0.323 e. The van der Waals surface area contributed by atoms with E-state index in [9.17, 15) is 9.59 Å². The zero-order valence-electron chi connectivity index (χ0n) is 21.7. The van der Waals surface area contributed by atoms with Gasteiger partial charge in [0.05, 0.1) is 34.0 Å². The molecule has 2 atom stereocenters. The summed E-state index contributed by atoms with van der Waals surface area (Å²) in [4.78, 5) is 37.8. The van der Waals surface area contributed by atoms with E-state index in [1.54, 1.807) is 0 Å². The molecule has 1 fully saturated rings. The van der Waals surface area contributed by atoms with Gasteiger partial charge in [0, 0.05) is 12.1 Å². The molecule has 4 aliphatic rings. The summed E-state index contributed by atoms with van der Waals surface area (Å²) in [5, 5.41) is 4.70. The maximum absolute atomic E-state index is 14.4. The van der Waals surface area contributed by atoms with E-state index in [-0.39, 0.29) is 17.7 Å². The molecular weight excluding hydrogens is 498 g/mol. The van der Waals surface area contributed by atoms with E-state index in [0.717, 1.165) is 38.9 Å². The van der Waals surface area contributed by atoms with E-state index in [4.69, 9.17) is 5.10 Å². The van der Waals surface area contributed by atoms with Gasteiger partial charge in [0.15, 0.2) is 0 Å². The van der Waals surface area contributed by atoms with Gasteiger partial charge in [0.1, 0.15) is 0 Å². The fourth-order valence-corrected chi connectivity index (χ4v) is 7.20. The Hall–Kier alpha value is -5.04. The van der Waals surface area contributed by atoms with Gasteiger partial charge >= 0.3 is 0 Å².